The van der Waals surface area contributed by atoms with Crippen molar-refractivity contribution < 1.29 is 24.0 Å². The fraction of sp³-hybridized carbons (Fsp3) is 0.250. The molecule has 2 atom stereocenters. The third kappa shape index (κ3) is 3.36. The second kappa shape index (κ2) is 8.79. The van der Waals surface area contributed by atoms with Gasteiger partial charge in [-0.1, -0.05) is 48.5 Å². The molecule has 7 rings (SSSR count). The van der Waals surface area contributed by atoms with Crippen LogP contribution in [-0.4, -0.2) is 41.2 Å². The summed E-state index contributed by atoms with van der Waals surface area (Å²) in [6.07, 6.45) is -0.282. The van der Waals surface area contributed by atoms with Crippen LogP contribution >= 0.6 is 23.2 Å². The van der Waals surface area contributed by atoms with E-state index in [1.807, 2.05) is 48.5 Å². The minimum Gasteiger partial charge on any atom is -0.497 e. The van der Waals surface area contributed by atoms with Gasteiger partial charge in [-0.25, -0.2) is 0 Å². The summed E-state index contributed by atoms with van der Waals surface area (Å²) in [7, 11) is 1.40. The largest absolute Gasteiger partial charge is 0.497 e. The molecule has 0 saturated carbocycles. The number of alkyl halides is 2. The normalized spacial score (nSPS) is 26.1. The number of anilines is 1. The SMILES string of the molecule is COc1ccc([N+](=O)[O-])c(NC(=O)CCN2C(=O)[C@H]3[C@H](C2=O)C2(Cl)c4ccccc4C3(Cl)c3ccccc32)c1. The van der Waals surface area contributed by atoms with Crippen LogP contribution in [0, 0.1) is 22.0 Å². The molecule has 3 amide bonds. The summed E-state index contributed by atoms with van der Waals surface area (Å²) in [6.45, 7) is -0.235. The number of imide groups is 1. The second-order valence-electron chi connectivity index (χ2n) is 9.74. The Morgan fingerprint density at radius 2 is 1.44 bits per heavy atom. The molecule has 1 aliphatic heterocycles. The van der Waals surface area contributed by atoms with Gasteiger partial charge in [0, 0.05) is 25.1 Å². The molecule has 1 heterocycles. The van der Waals surface area contributed by atoms with Gasteiger partial charge < -0.3 is 10.1 Å². The molecule has 1 saturated heterocycles. The fourth-order valence-electron chi connectivity index (χ4n) is 6.27. The molecule has 198 valence electrons. The Morgan fingerprint density at radius 3 is 1.87 bits per heavy atom. The number of carbonyl (C=O) groups is 3. The molecule has 0 unspecified atom stereocenters. The zero-order chi connectivity index (χ0) is 27.7. The van der Waals surface area contributed by atoms with Gasteiger partial charge in [0.25, 0.3) is 5.69 Å². The highest BCUT2D eigenvalue weighted by atomic mass is 35.5. The number of hydrogen-bond donors (Lipinski definition) is 1. The van der Waals surface area contributed by atoms with Gasteiger partial charge in [0.1, 0.15) is 21.2 Å². The lowest BCUT2D eigenvalue weighted by molar-refractivity contribution is -0.383. The molecule has 4 aliphatic rings. The van der Waals surface area contributed by atoms with E-state index < -0.39 is 44.2 Å². The second-order valence-corrected chi connectivity index (χ2v) is 10.9. The average Bonchev–Trinajstić information content (AvgIpc) is 3.20. The molecule has 1 fully saturated rings. The first kappa shape index (κ1) is 25.3. The standard InChI is InChI=1S/C28H21Cl2N3O6/c1-39-15-10-11-21(33(37)38)20(14-15)31-22(34)12-13-32-25(35)23-24(26(32)36)28(30)17-7-3-2-6-16(17)27(23,29)18-8-4-5-9-19(18)28/h2-11,14,23-24H,12-13H2,1H3,(H,31,34)/t23-,24-,27?,28?/m1/s1. The van der Waals surface area contributed by atoms with E-state index in [0.717, 1.165) is 4.90 Å². The number of nitro groups is 1. The van der Waals surface area contributed by atoms with Crippen molar-refractivity contribution in [3.05, 3.63) is 99.1 Å². The van der Waals surface area contributed by atoms with E-state index in [-0.39, 0.29) is 24.3 Å². The molecule has 11 heteroatoms. The van der Waals surface area contributed by atoms with E-state index in [0.29, 0.717) is 28.0 Å². The van der Waals surface area contributed by atoms with E-state index >= 15 is 0 Å². The predicted molar refractivity (Wildman–Crippen MR) is 143 cm³/mol. The van der Waals surface area contributed by atoms with E-state index in [1.165, 1.54) is 25.3 Å². The molecule has 39 heavy (non-hydrogen) atoms. The number of methoxy groups -OCH3 is 1. The van der Waals surface area contributed by atoms with Crippen LogP contribution in [0.2, 0.25) is 0 Å². The Hall–Kier alpha value is -3.95. The first-order valence-corrected chi connectivity index (χ1v) is 12.9. The number of hydrogen-bond acceptors (Lipinski definition) is 6. The molecular formula is C28H21Cl2N3O6. The van der Waals surface area contributed by atoms with Gasteiger partial charge in [0.15, 0.2) is 0 Å². The third-order valence-electron chi connectivity index (χ3n) is 7.91. The lowest BCUT2D eigenvalue weighted by atomic mass is 9.54. The van der Waals surface area contributed by atoms with Gasteiger partial charge in [-0.15, -0.1) is 23.2 Å². The van der Waals surface area contributed by atoms with Crippen molar-refractivity contribution >= 4 is 52.3 Å². The molecule has 3 aromatic carbocycles. The van der Waals surface area contributed by atoms with Gasteiger partial charge in [-0.2, -0.15) is 0 Å². The number of halogens is 2. The summed E-state index contributed by atoms with van der Waals surface area (Å²) in [4.78, 5) is 49.7. The van der Waals surface area contributed by atoms with Gasteiger partial charge in [0.05, 0.1) is 23.9 Å². The van der Waals surface area contributed by atoms with Crippen molar-refractivity contribution in [3.8, 4) is 5.75 Å². The maximum absolute atomic E-state index is 13.8. The minimum absolute atomic E-state index is 0.0551. The Bertz CT molecular complexity index is 1470. The van der Waals surface area contributed by atoms with Gasteiger partial charge in [-0.05, 0) is 28.3 Å². The number of rotatable bonds is 6. The van der Waals surface area contributed by atoms with Crippen molar-refractivity contribution in [2.45, 2.75) is 16.2 Å². The number of amides is 3. The number of nitrogens with one attached hydrogen (secondary N) is 1. The van der Waals surface area contributed by atoms with Crippen LogP contribution in [0.25, 0.3) is 0 Å². The summed E-state index contributed by atoms with van der Waals surface area (Å²) in [5.74, 6) is -3.23. The van der Waals surface area contributed by atoms with Crippen LogP contribution in [-0.2, 0) is 24.1 Å². The number of carbonyl (C=O) groups excluding carboxylic acids is 3. The molecule has 3 aromatic rings. The van der Waals surface area contributed by atoms with E-state index in [4.69, 9.17) is 27.9 Å². The Kier molecular flexibility index (Phi) is 5.71. The van der Waals surface area contributed by atoms with E-state index in [2.05, 4.69) is 5.32 Å². The van der Waals surface area contributed by atoms with Crippen molar-refractivity contribution in [3.63, 3.8) is 0 Å². The van der Waals surface area contributed by atoms with Gasteiger partial charge in [-0.3, -0.25) is 29.4 Å². The highest BCUT2D eigenvalue weighted by molar-refractivity contribution is 6.36. The van der Waals surface area contributed by atoms with Gasteiger partial charge >= 0.3 is 0 Å². The Labute approximate surface area is 232 Å². The maximum atomic E-state index is 13.8. The molecule has 3 aliphatic carbocycles. The number of nitro benzene ring substituents is 1. The van der Waals surface area contributed by atoms with Crippen LogP contribution in [0.15, 0.2) is 66.7 Å². The lowest BCUT2D eigenvalue weighted by Gasteiger charge is -2.54. The van der Waals surface area contributed by atoms with Crippen LogP contribution in [0.3, 0.4) is 0 Å². The zero-order valence-corrected chi connectivity index (χ0v) is 22.0. The molecule has 0 aromatic heterocycles. The molecule has 1 N–H and O–H groups in total. The quantitative estimate of drug-likeness (QED) is 0.203. The fourth-order valence-corrected chi connectivity index (χ4v) is 7.37. The summed E-state index contributed by atoms with van der Waals surface area (Å²) in [5, 5.41) is 13.9. The summed E-state index contributed by atoms with van der Waals surface area (Å²) in [5.41, 5.74) is 2.38. The topological polar surface area (TPSA) is 119 Å². The number of benzene rings is 3. The van der Waals surface area contributed by atoms with Crippen LogP contribution in [0.4, 0.5) is 11.4 Å². The zero-order valence-electron chi connectivity index (χ0n) is 20.5. The molecule has 0 spiro atoms. The summed E-state index contributed by atoms with van der Waals surface area (Å²) < 4.78 is 5.10. The first-order valence-electron chi connectivity index (χ1n) is 12.2. The molecule has 2 bridgehead atoms. The Balaban J connectivity index is 1.31. The highest BCUT2D eigenvalue weighted by Gasteiger charge is 2.72. The Morgan fingerprint density at radius 1 is 0.949 bits per heavy atom. The van der Waals surface area contributed by atoms with E-state index in [9.17, 15) is 24.5 Å². The average molecular weight is 566 g/mol. The van der Waals surface area contributed by atoms with Gasteiger partial charge in [0.2, 0.25) is 17.7 Å². The van der Waals surface area contributed by atoms with Crippen molar-refractivity contribution in [2.24, 2.45) is 11.8 Å². The molecular weight excluding hydrogens is 545 g/mol. The van der Waals surface area contributed by atoms with Crippen LogP contribution in [0.5, 0.6) is 5.75 Å². The van der Waals surface area contributed by atoms with Crippen molar-refractivity contribution in [2.75, 3.05) is 19.0 Å². The summed E-state index contributed by atoms with van der Waals surface area (Å²) >= 11 is 14.8. The highest BCUT2D eigenvalue weighted by Crippen LogP contribution is 2.69. The first-order chi connectivity index (χ1) is 18.6. The summed E-state index contributed by atoms with van der Waals surface area (Å²) in [6, 6.07) is 18.6. The molecule has 0 radical (unpaired) electrons. The third-order valence-corrected chi connectivity index (χ3v) is 9.20. The minimum atomic E-state index is -1.31. The van der Waals surface area contributed by atoms with Crippen LogP contribution in [0.1, 0.15) is 28.7 Å². The van der Waals surface area contributed by atoms with Crippen molar-refractivity contribution in [1.29, 1.82) is 0 Å². The number of nitrogens with zero attached hydrogens (tertiary/aromatic N) is 2. The smallest absolute Gasteiger partial charge is 0.293 e. The number of likely N-dealkylation sites (tertiary alicyclic amines) is 1. The lowest BCUT2D eigenvalue weighted by Crippen LogP contribution is -2.57. The van der Waals surface area contributed by atoms with Crippen molar-refractivity contribution in [1.82, 2.24) is 4.90 Å². The van der Waals surface area contributed by atoms with E-state index in [1.54, 1.807) is 0 Å². The van der Waals surface area contributed by atoms with Crippen LogP contribution < -0.4 is 10.1 Å². The maximum Gasteiger partial charge on any atom is 0.293 e. The number of ether oxygens (including phenoxy) is 1. The monoisotopic (exact) mass is 565 g/mol. The predicted octanol–water partition coefficient (Wildman–Crippen LogP) is 4.53. The molecule has 9 nitrogen and oxygen atoms in total.